The number of likely N-dealkylation sites (tertiary alicyclic amines) is 1. The average molecular weight is 342 g/mol. The molecular weight excluding hydrogens is 320 g/mol. The molecule has 1 aliphatic heterocycles. The molecule has 0 saturated carbocycles. The van der Waals surface area contributed by atoms with Crippen molar-refractivity contribution in [1.82, 2.24) is 9.88 Å². The number of rotatable bonds is 5. The third-order valence-electron chi connectivity index (χ3n) is 4.37. The van der Waals surface area contributed by atoms with Gasteiger partial charge in [-0.1, -0.05) is 30.0 Å². The van der Waals surface area contributed by atoms with E-state index in [1.54, 1.807) is 13.3 Å². The number of carbonyl (C=O) groups excluding carboxylic acids is 1. The van der Waals surface area contributed by atoms with Crippen molar-refractivity contribution in [2.24, 2.45) is 0 Å². The summed E-state index contributed by atoms with van der Waals surface area (Å²) >= 11 is 1.52. The van der Waals surface area contributed by atoms with Gasteiger partial charge in [0.05, 0.1) is 17.4 Å². The molecule has 1 fully saturated rings. The molecule has 1 amide bonds. The second-order valence-electron chi connectivity index (χ2n) is 5.97. The molecule has 0 aliphatic carbocycles. The van der Waals surface area contributed by atoms with Crippen molar-refractivity contribution < 1.29 is 9.53 Å². The Morgan fingerprint density at radius 3 is 2.75 bits per heavy atom. The molecule has 24 heavy (non-hydrogen) atoms. The number of carbonyl (C=O) groups is 1. The van der Waals surface area contributed by atoms with Gasteiger partial charge in [0.1, 0.15) is 5.75 Å². The molecule has 1 aliphatic rings. The van der Waals surface area contributed by atoms with Crippen molar-refractivity contribution in [3.05, 3.63) is 54.2 Å². The second kappa shape index (κ2) is 7.71. The predicted molar refractivity (Wildman–Crippen MR) is 96.5 cm³/mol. The topological polar surface area (TPSA) is 42.4 Å². The van der Waals surface area contributed by atoms with E-state index in [-0.39, 0.29) is 11.2 Å². The maximum atomic E-state index is 12.7. The summed E-state index contributed by atoms with van der Waals surface area (Å²) < 4.78 is 5.21. The van der Waals surface area contributed by atoms with Gasteiger partial charge in [0, 0.05) is 25.2 Å². The second-order valence-corrected chi connectivity index (χ2v) is 7.33. The van der Waals surface area contributed by atoms with Crippen LogP contribution in [0.2, 0.25) is 0 Å². The summed E-state index contributed by atoms with van der Waals surface area (Å²) in [4.78, 5) is 19.0. The van der Waals surface area contributed by atoms with Gasteiger partial charge >= 0.3 is 0 Å². The molecule has 0 spiro atoms. The van der Waals surface area contributed by atoms with Crippen molar-refractivity contribution in [2.75, 3.05) is 20.2 Å². The molecule has 4 nitrogen and oxygen atoms in total. The number of hydrogen-bond acceptors (Lipinski definition) is 4. The highest BCUT2D eigenvalue weighted by molar-refractivity contribution is 8.00. The summed E-state index contributed by atoms with van der Waals surface area (Å²) in [6.45, 7) is 3.57. The fraction of sp³-hybridized carbons (Fsp3) is 0.368. The van der Waals surface area contributed by atoms with Crippen LogP contribution >= 0.6 is 11.8 Å². The van der Waals surface area contributed by atoms with Gasteiger partial charge in [-0.25, -0.2) is 4.98 Å². The smallest absolute Gasteiger partial charge is 0.235 e. The number of nitrogens with zero attached hydrogens (tertiary/aromatic N) is 2. The van der Waals surface area contributed by atoms with E-state index >= 15 is 0 Å². The first kappa shape index (κ1) is 16.8. The highest BCUT2D eigenvalue weighted by Gasteiger charge is 2.30. The summed E-state index contributed by atoms with van der Waals surface area (Å²) in [7, 11) is 1.67. The Morgan fingerprint density at radius 1 is 1.29 bits per heavy atom. The lowest BCUT2D eigenvalue weighted by Gasteiger charge is -2.20. The van der Waals surface area contributed by atoms with Gasteiger partial charge in [0.15, 0.2) is 0 Å². The van der Waals surface area contributed by atoms with E-state index < -0.39 is 0 Å². The van der Waals surface area contributed by atoms with Gasteiger partial charge in [-0.15, -0.1) is 0 Å². The molecule has 2 atom stereocenters. The van der Waals surface area contributed by atoms with Gasteiger partial charge in [-0.05, 0) is 43.2 Å². The van der Waals surface area contributed by atoms with E-state index in [4.69, 9.17) is 4.74 Å². The SMILES string of the molecule is COc1ccc(C2CCN(C(=O)C(C)Sc3ccccn3)C2)cc1. The van der Waals surface area contributed by atoms with Gasteiger partial charge in [-0.2, -0.15) is 0 Å². The molecule has 1 aromatic carbocycles. The Balaban J connectivity index is 1.58. The number of thioether (sulfide) groups is 1. The minimum absolute atomic E-state index is 0.116. The first-order chi connectivity index (χ1) is 11.7. The number of benzene rings is 1. The van der Waals surface area contributed by atoms with E-state index in [9.17, 15) is 4.79 Å². The third kappa shape index (κ3) is 3.90. The Labute approximate surface area is 147 Å². The minimum atomic E-state index is -0.116. The molecule has 2 unspecified atom stereocenters. The lowest BCUT2D eigenvalue weighted by Crippen LogP contribution is -2.34. The fourth-order valence-corrected chi connectivity index (χ4v) is 3.91. The van der Waals surface area contributed by atoms with Crippen molar-refractivity contribution in [3.63, 3.8) is 0 Å². The number of methoxy groups -OCH3 is 1. The van der Waals surface area contributed by atoms with Gasteiger partial charge < -0.3 is 9.64 Å². The lowest BCUT2D eigenvalue weighted by molar-refractivity contribution is -0.129. The van der Waals surface area contributed by atoms with Crippen molar-refractivity contribution in [1.29, 1.82) is 0 Å². The summed E-state index contributed by atoms with van der Waals surface area (Å²) in [6, 6.07) is 13.9. The molecule has 1 aromatic heterocycles. The third-order valence-corrected chi connectivity index (χ3v) is 5.41. The van der Waals surface area contributed by atoms with Crippen LogP contribution in [0.1, 0.15) is 24.8 Å². The number of ether oxygens (including phenoxy) is 1. The van der Waals surface area contributed by atoms with E-state index in [0.717, 1.165) is 30.3 Å². The Kier molecular flexibility index (Phi) is 5.41. The quantitative estimate of drug-likeness (QED) is 0.779. The van der Waals surface area contributed by atoms with Crippen LogP contribution in [-0.2, 0) is 4.79 Å². The van der Waals surface area contributed by atoms with Crippen molar-refractivity contribution in [3.8, 4) is 5.75 Å². The van der Waals surface area contributed by atoms with Crippen LogP contribution < -0.4 is 4.74 Å². The van der Waals surface area contributed by atoms with E-state index in [1.807, 2.05) is 42.2 Å². The molecular formula is C19H22N2O2S. The molecule has 2 heterocycles. The van der Waals surface area contributed by atoms with Gasteiger partial charge in [0.2, 0.25) is 5.91 Å². The molecule has 0 bridgehead atoms. The summed E-state index contributed by atoms with van der Waals surface area (Å²) in [6.07, 6.45) is 2.77. The molecule has 5 heteroatoms. The molecule has 126 valence electrons. The van der Waals surface area contributed by atoms with Crippen molar-refractivity contribution >= 4 is 17.7 Å². The van der Waals surface area contributed by atoms with Crippen LogP contribution in [-0.4, -0.2) is 41.2 Å². The van der Waals surface area contributed by atoms with Crippen LogP contribution in [0.15, 0.2) is 53.7 Å². The highest BCUT2D eigenvalue weighted by Crippen LogP contribution is 2.30. The number of hydrogen-bond donors (Lipinski definition) is 0. The summed E-state index contributed by atoms with van der Waals surface area (Å²) in [5, 5.41) is 0.777. The molecule has 1 saturated heterocycles. The van der Waals surface area contributed by atoms with E-state index in [2.05, 4.69) is 17.1 Å². The van der Waals surface area contributed by atoms with Gasteiger partial charge in [0.25, 0.3) is 0 Å². The minimum Gasteiger partial charge on any atom is -0.497 e. The largest absolute Gasteiger partial charge is 0.497 e. The summed E-state index contributed by atoms with van der Waals surface area (Å²) in [5.74, 6) is 1.47. The maximum absolute atomic E-state index is 12.7. The van der Waals surface area contributed by atoms with Crippen LogP contribution in [0.25, 0.3) is 0 Å². The van der Waals surface area contributed by atoms with Crippen molar-refractivity contribution in [2.45, 2.75) is 29.5 Å². The molecule has 3 rings (SSSR count). The molecule has 2 aromatic rings. The number of aromatic nitrogens is 1. The van der Waals surface area contributed by atoms with Crippen LogP contribution in [0, 0.1) is 0 Å². The molecule has 0 radical (unpaired) electrons. The Bertz CT molecular complexity index is 676. The first-order valence-electron chi connectivity index (χ1n) is 8.18. The Morgan fingerprint density at radius 2 is 2.08 bits per heavy atom. The highest BCUT2D eigenvalue weighted by atomic mass is 32.2. The van der Waals surface area contributed by atoms with E-state index in [1.165, 1.54) is 17.3 Å². The fourth-order valence-electron chi connectivity index (χ4n) is 3.01. The van der Waals surface area contributed by atoms with Crippen LogP contribution in [0.5, 0.6) is 5.75 Å². The normalized spacial score (nSPS) is 18.4. The Hall–Kier alpha value is -2.01. The zero-order chi connectivity index (χ0) is 16.9. The zero-order valence-corrected chi connectivity index (χ0v) is 14.8. The van der Waals surface area contributed by atoms with E-state index in [0.29, 0.717) is 5.92 Å². The zero-order valence-electron chi connectivity index (χ0n) is 14.0. The predicted octanol–water partition coefficient (Wildman–Crippen LogP) is 3.59. The van der Waals surface area contributed by atoms with Crippen LogP contribution in [0.3, 0.4) is 0 Å². The standard InChI is InChI=1S/C19H22N2O2S/c1-14(24-18-5-3-4-11-20-18)19(22)21-12-10-16(13-21)15-6-8-17(23-2)9-7-15/h3-9,11,14,16H,10,12-13H2,1-2H3. The number of pyridine rings is 1. The average Bonchev–Trinajstić information content (AvgIpc) is 3.12. The lowest BCUT2D eigenvalue weighted by atomic mass is 9.98. The molecule has 0 N–H and O–H groups in total. The summed E-state index contributed by atoms with van der Waals surface area (Å²) in [5.41, 5.74) is 1.27. The monoisotopic (exact) mass is 342 g/mol. The maximum Gasteiger partial charge on any atom is 0.235 e. The van der Waals surface area contributed by atoms with Crippen LogP contribution in [0.4, 0.5) is 0 Å². The van der Waals surface area contributed by atoms with Gasteiger partial charge in [-0.3, -0.25) is 4.79 Å². The first-order valence-corrected chi connectivity index (χ1v) is 9.06. The number of amides is 1.